The molecular weight excluding hydrogens is 460 g/mol. The van der Waals surface area contributed by atoms with Gasteiger partial charge in [0.2, 0.25) is 0 Å². The maximum absolute atomic E-state index is 13.2. The Morgan fingerprint density at radius 2 is 1.40 bits per heavy atom. The van der Waals surface area contributed by atoms with Crippen LogP contribution in [-0.4, -0.2) is 0 Å². The summed E-state index contributed by atoms with van der Waals surface area (Å²) in [5.41, 5.74) is 1.37. The van der Waals surface area contributed by atoms with Gasteiger partial charge in [-0.15, -0.1) is 0 Å². The van der Waals surface area contributed by atoms with E-state index in [1.54, 1.807) is 0 Å². The van der Waals surface area contributed by atoms with Gasteiger partial charge in [0, 0.05) is 25.5 Å². The van der Waals surface area contributed by atoms with Crippen LogP contribution in [-0.2, 0) is 0 Å². The highest BCUT2D eigenvalue weighted by molar-refractivity contribution is 9.11. The second-order valence-corrected chi connectivity index (χ2v) is 6.94. The molecule has 20 heavy (non-hydrogen) atoms. The Hall–Kier alpha value is -0.460. The molecule has 0 amide bonds. The largest absolute Gasteiger partial charge is 0.377 e. The van der Waals surface area contributed by atoms with E-state index in [0.717, 1.165) is 25.2 Å². The Bertz CT molecular complexity index is 603. The summed E-state index contributed by atoms with van der Waals surface area (Å²) >= 11 is 10.3. The lowest BCUT2D eigenvalue weighted by molar-refractivity contribution is 0.577. The van der Waals surface area contributed by atoms with Gasteiger partial charge in [-0.2, -0.15) is 0 Å². The average Bonchev–Trinajstić information content (AvgIpc) is 2.32. The first-order valence-electron chi connectivity index (χ1n) is 5.74. The molecule has 0 saturated heterocycles. The Balaban J connectivity index is 2.30. The Labute approximate surface area is 141 Å². The van der Waals surface area contributed by atoms with Crippen LogP contribution in [0.1, 0.15) is 18.5 Å². The van der Waals surface area contributed by atoms with Crippen molar-refractivity contribution in [2.45, 2.75) is 13.0 Å². The van der Waals surface area contributed by atoms with Crippen LogP contribution < -0.4 is 5.32 Å². The van der Waals surface area contributed by atoms with Gasteiger partial charge in [-0.1, -0.05) is 15.9 Å². The minimum Gasteiger partial charge on any atom is -0.377 e. The zero-order valence-corrected chi connectivity index (χ0v) is 15.1. The lowest BCUT2D eigenvalue weighted by Gasteiger charge is -2.18. The lowest BCUT2D eigenvalue weighted by atomic mass is 10.1. The topological polar surface area (TPSA) is 12.0 Å². The van der Waals surface area contributed by atoms with Crippen LogP contribution in [0, 0.1) is 11.6 Å². The zero-order valence-electron chi connectivity index (χ0n) is 10.4. The molecule has 0 fully saturated rings. The molecule has 0 bridgehead atoms. The summed E-state index contributed by atoms with van der Waals surface area (Å²) in [6.45, 7) is 1.84. The van der Waals surface area contributed by atoms with E-state index < -0.39 is 11.6 Å². The van der Waals surface area contributed by atoms with E-state index in [1.807, 2.05) is 19.1 Å². The van der Waals surface area contributed by atoms with E-state index >= 15 is 0 Å². The fraction of sp³-hybridized carbons (Fsp3) is 0.143. The molecule has 2 rings (SSSR count). The van der Waals surface area contributed by atoms with Crippen molar-refractivity contribution in [3.63, 3.8) is 0 Å². The predicted molar refractivity (Wildman–Crippen MR) is 87.9 cm³/mol. The molecule has 6 heteroatoms. The Morgan fingerprint density at radius 1 is 0.900 bits per heavy atom. The summed E-state index contributed by atoms with van der Waals surface area (Å²) in [6.07, 6.45) is 0. The van der Waals surface area contributed by atoms with Crippen LogP contribution in [0.25, 0.3) is 0 Å². The van der Waals surface area contributed by atoms with Gasteiger partial charge in [0.1, 0.15) is 11.6 Å². The fourth-order valence-corrected chi connectivity index (χ4v) is 4.29. The molecule has 1 atom stereocenters. The molecule has 0 radical (unpaired) electrons. The molecule has 0 spiro atoms. The number of benzene rings is 2. The van der Waals surface area contributed by atoms with Gasteiger partial charge >= 0.3 is 0 Å². The first-order valence-corrected chi connectivity index (χ1v) is 8.12. The summed E-state index contributed by atoms with van der Waals surface area (Å²) in [7, 11) is 0. The number of anilines is 1. The quantitative estimate of drug-likeness (QED) is 0.546. The molecule has 0 aliphatic rings. The van der Waals surface area contributed by atoms with Crippen molar-refractivity contribution < 1.29 is 8.78 Å². The van der Waals surface area contributed by atoms with Gasteiger partial charge in [0.25, 0.3) is 0 Å². The van der Waals surface area contributed by atoms with E-state index in [2.05, 4.69) is 53.1 Å². The molecule has 0 aliphatic carbocycles. The number of hydrogen-bond donors (Lipinski definition) is 1. The number of halogens is 5. The monoisotopic (exact) mass is 467 g/mol. The average molecular weight is 470 g/mol. The van der Waals surface area contributed by atoms with Crippen LogP contribution >= 0.6 is 47.8 Å². The maximum Gasteiger partial charge on any atom is 0.126 e. The standard InChI is InChI=1S/C14H10Br3F2N/c1-7(8-2-10(18)6-11(19)3-8)20-14-12(16)4-9(15)5-13(14)17/h2-7,20H,1H3. The van der Waals surface area contributed by atoms with Gasteiger partial charge in [0.15, 0.2) is 0 Å². The predicted octanol–water partition coefficient (Wildman–Crippen LogP) is 6.43. The van der Waals surface area contributed by atoms with Crippen molar-refractivity contribution in [1.29, 1.82) is 0 Å². The summed E-state index contributed by atoms with van der Waals surface area (Å²) in [4.78, 5) is 0. The third-order valence-corrected chi connectivity index (χ3v) is 4.46. The van der Waals surface area contributed by atoms with E-state index in [-0.39, 0.29) is 6.04 Å². The molecule has 2 aromatic rings. The first kappa shape index (κ1) is 15.9. The van der Waals surface area contributed by atoms with Crippen molar-refractivity contribution in [1.82, 2.24) is 0 Å². The van der Waals surface area contributed by atoms with Crippen molar-refractivity contribution >= 4 is 53.5 Å². The molecule has 1 unspecified atom stereocenters. The number of nitrogens with one attached hydrogen (secondary N) is 1. The van der Waals surface area contributed by atoms with E-state index in [9.17, 15) is 8.78 Å². The summed E-state index contributed by atoms with van der Waals surface area (Å²) in [5.74, 6) is -1.16. The van der Waals surface area contributed by atoms with Gasteiger partial charge in [-0.25, -0.2) is 8.78 Å². The van der Waals surface area contributed by atoms with Crippen LogP contribution in [0.15, 0.2) is 43.7 Å². The van der Waals surface area contributed by atoms with Gasteiger partial charge < -0.3 is 5.32 Å². The summed E-state index contributed by atoms with van der Waals surface area (Å²) < 4.78 is 29.1. The van der Waals surface area contributed by atoms with Crippen LogP contribution in [0.5, 0.6) is 0 Å². The van der Waals surface area contributed by atoms with Crippen LogP contribution in [0.4, 0.5) is 14.5 Å². The molecule has 2 aromatic carbocycles. The Kier molecular flexibility index (Phi) is 5.20. The molecule has 0 aliphatic heterocycles. The third-order valence-electron chi connectivity index (χ3n) is 2.75. The SMILES string of the molecule is CC(Nc1c(Br)cc(Br)cc1Br)c1cc(F)cc(F)c1. The minimum absolute atomic E-state index is 0.242. The molecule has 0 heterocycles. The molecular formula is C14H10Br3F2N. The smallest absolute Gasteiger partial charge is 0.126 e. The van der Waals surface area contributed by atoms with Crippen molar-refractivity contribution in [3.8, 4) is 0 Å². The highest BCUT2D eigenvalue weighted by Gasteiger charge is 2.13. The normalized spacial score (nSPS) is 12.3. The molecule has 0 saturated carbocycles. The molecule has 1 nitrogen and oxygen atoms in total. The van der Waals surface area contributed by atoms with Gasteiger partial charge in [-0.3, -0.25) is 0 Å². The van der Waals surface area contributed by atoms with Gasteiger partial charge in [0.05, 0.1) is 5.69 Å². The Morgan fingerprint density at radius 3 is 1.90 bits per heavy atom. The lowest BCUT2D eigenvalue weighted by Crippen LogP contribution is -2.08. The molecule has 106 valence electrons. The van der Waals surface area contributed by atoms with E-state index in [1.165, 1.54) is 12.1 Å². The summed E-state index contributed by atoms with van der Waals surface area (Å²) in [5, 5.41) is 3.23. The van der Waals surface area contributed by atoms with E-state index in [0.29, 0.717) is 5.56 Å². The summed E-state index contributed by atoms with van der Waals surface area (Å²) in [6, 6.07) is 7.05. The third kappa shape index (κ3) is 3.80. The highest BCUT2D eigenvalue weighted by atomic mass is 79.9. The second kappa shape index (κ2) is 6.54. The molecule has 0 aromatic heterocycles. The fourth-order valence-electron chi connectivity index (χ4n) is 1.81. The van der Waals surface area contributed by atoms with E-state index in [4.69, 9.17) is 0 Å². The van der Waals surface area contributed by atoms with Crippen molar-refractivity contribution in [2.24, 2.45) is 0 Å². The van der Waals surface area contributed by atoms with Crippen LogP contribution in [0.2, 0.25) is 0 Å². The highest BCUT2D eigenvalue weighted by Crippen LogP contribution is 2.36. The van der Waals surface area contributed by atoms with Gasteiger partial charge in [-0.05, 0) is 68.6 Å². The first-order chi connectivity index (χ1) is 9.36. The minimum atomic E-state index is -0.581. The van der Waals surface area contributed by atoms with Crippen molar-refractivity contribution in [2.75, 3.05) is 5.32 Å². The molecule has 1 N–H and O–H groups in total. The number of hydrogen-bond acceptors (Lipinski definition) is 1. The number of rotatable bonds is 3. The van der Waals surface area contributed by atoms with Crippen LogP contribution in [0.3, 0.4) is 0 Å². The zero-order chi connectivity index (χ0) is 14.9. The van der Waals surface area contributed by atoms with Crippen molar-refractivity contribution in [3.05, 3.63) is 60.9 Å². The second-order valence-electron chi connectivity index (χ2n) is 4.31. The maximum atomic E-state index is 13.2.